The van der Waals surface area contributed by atoms with Crippen LogP contribution in [0.2, 0.25) is 0 Å². The quantitative estimate of drug-likeness (QED) is 0.589. The van der Waals surface area contributed by atoms with Crippen molar-refractivity contribution in [3.8, 4) is 0 Å². The van der Waals surface area contributed by atoms with E-state index in [1.807, 2.05) is 6.92 Å². The molecular formula is C8H17NO3. The van der Waals surface area contributed by atoms with Gasteiger partial charge in [-0.25, -0.2) is 4.79 Å². The highest BCUT2D eigenvalue weighted by Crippen LogP contribution is 1.88. The van der Waals surface area contributed by atoms with E-state index in [4.69, 9.17) is 9.84 Å². The Labute approximate surface area is 72.9 Å². The number of aliphatic hydroxyl groups excluding tert-OH is 1. The average molecular weight is 175 g/mol. The topological polar surface area (TPSA) is 58.6 Å². The first-order valence-corrected chi connectivity index (χ1v) is 4.32. The van der Waals surface area contributed by atoms with E-state index in [9.17, 15) is 4.79 Å². The molecule has 4 heteroatoms. The summed E-state index contributed by atoms with van der Waals surface area (Å²) in [5.74, 6) is 0. The second-order valence-corrected chi connectivity index (χ2v) is 2.49. The Morgan fingerprint density at radius 1 is 1.50 bits per heavy atom. The van der Waals surface area contributed by atoms with Gasteiger partial charge in [-0.15, -0.1) is 0 Å². The molecule has 0 aromatic rings. The summed E-state index contributed by atoms with van der Waals surface area (Å²) < 4.78 is 4.80. The number of aliphatic hydroxyl groups is 1. The van der Waals surface area contributed by atoms with Crippen LogP contribution in [0.4, 0.5) is 4.79 Å². The molecule has 0 rings (SSSR count). The van der Waals surface area contributed by atoms with E-state index >= 15 is 0 Å². The smallest absolute Gasteiger partial charge is 0.407 e. The fourth-order valence-corrected chi connectivity index (χ4v) is 0.630. The molecule has 2 N–H and O–H groups in total. The third-order valence-corrected chi connectivity index (χ3v) is 1.34. The Morgan fingerprint density at radius 2 is 2.25 bits per heavy atom. The van der Waals surface area contributed by atoms with Gasteiger partial charge >= 0.3 is 6.09 Å². The van der Waals surface area contributed by atoms with E-state index in [2.05, 4.69) is 5.32 Å². The summed E-state index contributed by atoms with van der Waals surface area (Å²) in [4.78, 5) is 10.8. The molecule has 0 aliphatic rings. The Kier molecular flexibility index (Phi) is 7.79. The molecule has 4 nitrogen and oxygen atoms in total. The zero-order chi connectivity index (χ0) is 9.23. The average Bonchev–Trinajstić information content (AvgIpc) is 2.06. The van der Waals surface area contributed by atoms with Crippen LogP contribution in [0.3, 0.4) is 0 Å². The lowest BCUT2D eigenvalue weighted by Crippen LogP contribution is -2.26. The Morgan fingerprint density at radius 3 is 2.83 bits per heavy atom. The van der Waals surface area contributed by atoms with Crippen molar-refractivity contribution in [3.63, 3.8) is 0 Å². The maximum atomic E-state index is 10.8. The van der Waals surface area contributed by atoms with Crippen LogP contribution in [-0.4, -0.2) is 31.0 Å². The number of ether oxygens (including phenoxy) is 1. The number of unbranched alkanes of at least 4 members (excludes halogenated alkanes) is 1. The van der Waals surface area contributed by atoms with Crippen molar-refractivity contribution in [1.29, 1.82) is 0 Å². The molecule has 12 heavy (non-hydrogen) atoms. The van der Waals surface area contributed by atoms with Gasteiger partial charge in [-0.2, -0.15) is 0 Å². The van der Waals surface area contributed by atoms with Crippen molar-refractivity contribution in [2.24, 2.45) is 0 Å². The summed E-state index contributed by atoms with van der Waals surface area (Å²) in [6.07, 6.45) is 2.09. The number of hydrogen-bond acceptors (Lipinski definition) is 3. The zero-order valence-corrected chi connectivity index (χ0v) is 7.51. The van der Waals surface area contributed by atoms with Crippen LogP contribution in [-0.2, 0) is 4.74 Å². The summed E-state index contributed by atoms with van der Waals surface area (Å²) in [5.41, 5.74) is 0. The van der Waals surface area contributed by atoms with Crippen molar-refractivity contribution < 1.29 is 14.6 Å². The highest BCUT2D eigenvalue weighted by Gasteiger charge is 1.98. The maximum Gasteiger partial charge on any atom is 0.407 e. The molecule has 1 amide bonds. The second-order valence-electron chi connectivity index (χ2n) is 2.49. The molecule has 72 valence electrons. The highest BCUT2D eigenvalue weighted by atomic mass is 16.5. The Bertz CT molecular complexity index is 105. The van der Waals surface area contributed by atoms with E-state index in [0.717, 1.165) is 12.8 Å². The van der Waals surface area contributed by atoms with Gasteiger partial charge in [-0.1, -0.05) is 13.3 Å². The molecule has 0 saturated carbocycles. The van der Waals surface area contributed by atoms with Crippen molar-refractivity contribution >= 4 is 6.09 Å². The predicted octanol–water partition coefficient (Wildman–Crippen LogP) is 0.895. The molecule has 0 heterocycles. The minimum absolute atomic E-state index is 0.0925. The van der Waals surface area contributed by atoms with Gasteiger partial charge < -0.3 is 15.2 Å². The Balaban J connectivity index is 3.10. The fourth-order valence-electron chi connectivity index (χ4n) is 0.630. The lowest BCUT2D eigenvalue weighted by molar-refractivity contribution is 0.143. The van der Waals surface area contributed by atoms with Crippen LogP contribution >= 0.6 is 0 Å². The lowest BCUT2D eigenvalue weighted by atomic mass is 10.4. The van der Waals surface area contributed by atoms with Crippen LogP contribution in [0, 0.1) is 0 Å². The van der Waals surface area contributed by atoms with Crippen LogP contribution in [0.5, 0.6) is 0 Å². The van der Waals surface area contributed by atoms with E-state index in [-0.39, 0.29) is 6.61 Å². The zero-order valence-electron chi connectivity index (χ0n) is 7.51. The van der Waals surface area contributed by atoms with Gasteiger partial charge in [0.15, 0.2) is 0 Å². The van der Waals surface area contributed by atoms with E-state index in [1.54, 1.807) is 0 Å². The number of nitrogens with one attached hydrogen (secondary N) is 1. The molecule has 0 aliphatic heterocycles. The SMILES string of the molecule is CCCCOC(=O)NCCCO. The van der Waals surface area contributed by atoms with Crippen LogP contribution in [0.25, 0.3) is 0 Å². The summed E-state index contributed by atoms with van der Waals surface area (Å²) in [6.45, 7) is 3.07. The third-order valence-electron chi connectivity index (χ3n) is 1.34. The number of amides is 1. The Hall–Kier alpha value is -0.770. The summed E-state index contributed by atoms with van der Waals surface area (Å²) in [7, 11) is 0. The van der Waals surface area contributed by atoms with Crippen LogP contribution in [0.15, 0.2) is 0 Å². The predicted molar refractivity (Wildman–Crippen MR) is 46.0 cm³/mol. The van der Waals surface area contributed by atoms with Gasteiger partial charge in [0.1, 0.15) is 0 Å². The van der Waals surface area contributed by atoms with Gasteiger partial charge in [0.25, 0.3) is 0 Å². The van der Waals surface area contributed by atoms with E-state index in [1.165, 1.54) is 0 Å². The minimum Gasteiger partial charge on any atom is -0.450 e. The van der Waals surface area contributed by atoms with Crippen molar-refractivity contribution in [2.45, 2.75) is 26.2 Å². The molecule has 0 aromatic carbocycles. The lowest BCUT2D eigenvalue weighted by Gasteiger charge is -2.04. The molecule has 0 radical (unpaired) electrons. The van der Waals surface area contributed by atoms with Gasteiger partial charge in [0, 0.05) is 13.2 Å². The number of hydrogen-bond donors (Lipinski definition) is 2. The molecule has 0 aliphatic carbocycles. The van der Waals surface area contributed by atoms with Gasteiger partial charge in [-0.3, -0.25) is 0 Å². The largest absolute Gasteiger partial charge is 0.450 e. The van der Waals surface area contributed by atoms with Crippen LogP contribution < -0.4 is 5.32 Å². The van der Waals surface area contributed by atoms with Crippen molar-refractivity contribution in [2.75, 3.05) is 19.8 Å². The number of carbonyl (C=O) groups is 1. The van der Waals surface area contributed by atoms with Crippen molar-refractivity contribution in [1.82, 2.24) is 5.32 Å². The minimum atomic E-state index is -0.392. The van der Waals surface area contributed by atoms with Gasteiger partial charge in [0.05, 0.1) is 6.61 Å². The van der Waals surface area contributed by atoms with Gasteiger partial charge in [0.2, 0.25) is 0 Å². The van der Waals surface area contributed by atoms with E-state index in [0.29, 0.717) is 19.6 Å². The molecule has 0 unspecified atom stereocenters. The number of rotatable bonds is 6. The third kappa shape index (κ3) is 7.34. The monoisotopic (exact) mass is 175 g/mol. The molecule has 0 aromatic heterocycles. The maximum absolute atomic E-state index is 10.8. The van der Waals surface area contributed by atoms with E-state index < -0.39 is 6.09 Å². The molecule has 0 atom stereocenters. The summed E-state index contributed by atoms with van der Waals surface area (Å²) in [5, 5.41) is 10.9. The first-order chi connectivity index (χ1) is 5.81. The second kappa shape index (κ2) is 8.33. The first kappa shape index (κ1) is 11.2. The molecule has 0 fully saturated rings. The summed E-state index contributed by atoms with van der Waals surface area (Å²) >= 11 is 0. The first-order valence-electron chi connectivity index (χ1n) is 4.32. The molecule has 0 saturated heterocycles. The molecular weight excluding hydrogens is 158 g/mol. The van der Waals surface area contributed by atoms with Gasteiger partial charge in [-0.05, 0) is 12.8 Å². The normalized spacial score (nSPS) is 9.50. The standard InChI is InChI=1S/C8H17NO3/c1-2-3-7-12-8(11)9-5-4-6-10/h10H,2-7H2,1H3,(H,9,11). The number of alkyl carbamates (subject to hydrolysis) is 1. The van der Waals surface area contributed by atoms with Crippen molar-refractivity contribution in [3.05, 3.63) is 0 Å². The number of carbonyl (C=O) groups excluding carboxylic acids is 1. The van der Waals surface area contributed by atoms with Crippen LogP contribution in [0.1, 0.15) is 26.2 Å². The fraction of sp³-hybridized carbons (Fsp3) is 0.875. The molecule has 0 bridgehead atoms. The summed E-state index contributed by atoms with van der Waals surface area (Å²) in [6, 6.07) is 0. The highest BCUT2D eigenvalue weighted by molar-refractivity contribution is 5.66. The molecule has 0 spiro atoms.